The summed E-state index contributed by atoms with van der Waals surface area (Å²) in [7, 11) is 0. The monoisotopic (exact) mass is 282 g/mol. The summed E-state index contributed by atoms with van der Waals surface area (Å²) in [5.74, 6) is 0.0773. The topological polar surface area (TPSA) is 77.8 Å². The summed E-state index contributed by atoms with van der Waals surface area (Å²) in [6.07, 6.45) is 4.67. The standard InChI is InChI=1S/C16H26O4/c1-10-8-11-4-6-15(2,20)16(3,13(19)5-7-17)14(11)12(18)9-10/h4,6,10-12,14,17-18,20H,5,7-9H2,1-3H3/t10-,11-,12+,14-,15-,16-/m1/s1. The van der Waals surface area contributed by atoms with Gasteiger partial charge in [0.05, 0.1) is 17.1 Å². The van der Waals surface area contributed by atoms with Crippen molar-refractivity contribution in [2.45, 2.75) is 51.7 Å². The van der Waals surface area contributed by atoms with E-state index in [2.05, 4.69) is 6.92 Å². The van der Waals surface area contributed by atoms with E-state index in [4.69, 9.17) is 5.11 Å². The van der Waals surface area contributed by atoms with Crippen molar-refractivity contribution >= 4 is 5.78 Å². The second-order valence-corrected chi connectivity index (χ2v) is 6.94. The van der Waals surface area contributed by atoms with Crippen molar-refractivity contribution < 1.29 is 20.1 Å². The molecule has 0 aliphatic heterocycles. The minimum absolute atomic E-state index is 0.0198. The van der Waals surface area contributed by atoms with Crippen molar-refractivity contribution in [1.29, 1.82) is 0 Å². The molecular weight excluding hydrogens is 256 g/mol. The molecule has 2 rings (SSSR count). The van der Waals surface area contributed by atoms with Crippen LogP contribution in [0.2, 0.25) is 0 Å². The Bertz CT molecular complexity index is 415. The summed E-state index contributed by atoms with van der Waals surface area (Å²) >= 11 is 0. The molecule has 0 aromatic carbocycles. The molecule has 0 aromatic heterocycles. The number of aliphatic hydroxyl groups excluding tert-OH is 2. The molecule has 0 aromatic rings. The minimum atomic E-state index is -1.29. The summed E-state index contributed by atoms with van der Waals surface area (Å²) in [5.41, 5.74) is -2.34. The van der Waals surface area contributed by atoms with E-state index in [1.807, 2.05) is 6.08 Å². The van der Waals surface area contributed by atoms with Gasteiger partial charge in [-0.1, -0.05) is 19.1 Å². The first-order chi connectivity index (χ1) is 9.24. The van der Waals surface area contributed by atoms with Crippen LogP contribution in [0.4, 0.5) is 0 Å². The van der Waals surface area contributed by atoms with Crippen LogP contribution in [0, 0.1) is 23.2 Å². The molecule has 114 valence electrons. The Morgan fingerprint density at radius 2 is 2.00 bits per heavy atom. The highest BCUT2D eigenvalue weighted by atomic mass is 16.3. The molecule has 0 radical (unpaired) electrons. The fourth-order valence-electron chi connectivity index (χ4n) is 4.21. The summed E-state index contributed by atoms with van der Waals surface area (Å²) in [5, 5.41) is 30.3. The Kier molecular flexibility index (Phi) is 4.11. The molecule has 2 aliphatic rings. The second-order valence-electron chi connectivity index (χ2n) is 6.94. The lowest BCUT2D eigenvalue weighted by Crippen LogP contribution is -2.61. The Labute approximate surface area is 120 Å². The number of fused-ring (bicyclic) bond motifs is 1. The van der Waals surface area contributed by atoms with Crippen LogP contribution in [0.1, 0.15) is 40.0 Å². The zero-order valence-electron chi connectivity index (χ0n) is 12.5. The van der Waals surface area contributed by atoms with Crippen molar-refractivity contribution in [3.8, 4) is 0 Å². The predicted octanol–water partition coefficient (Wildman–Crippen LogP) is 1.29. The summed E-state index contributed by atoms with van der Waals surface area (Å²) in [4.78, 5) is 12.6. The molecule has 0 spiro atoms. The number of rotatable bonds is 3. The zero-order chi connectivity index (χ0) is 15.1. The van der Waals surface area contributed by atoms with E-state index < -0.39 is 17.1 Å². The highest BCUT2D eigenvalue weighted by molar-refractivity contribution is 5.87. The number of ketones is 1. The third kappa shape index (κ3) is 2.24. The van der Waals surface area contributed by atoms with Crippen molar-refractivity contribution in [1.82, 2.24) is 0 Å². The first-order valence-electron chi connectivity index (χ1n) is 7.48. The number of carbonyl (C=O) groups is 1. The number of hydrogen-bond acceptors (Lipinski definition) is 4. The Morgan fingerprint density at radius 3 is 2.60 bits per heavy atom. The third-order valence-electron chi connectivity index (χ3n) is 5.50. The van der Waals surface area contributed by atoms with Crippen LogP contribution in [0.15, 0.2) is 12.2 Å². The van der Waals surface area contributed by atoms with E-state index in [-0.39, 0.29) is 30.6 Å². The second kappa shape index (κ2) is 5.24. The van der Waals surface area contributed by atoms with Crippen LogP contribution >= 0.6 is 0 Å². The van der Waals surface area contributed by atoms with E-state index >= 15 is 0 Å². The highest BCUT2D eigenvalue weighted by Gasteiger charge is 2.59. The first kappa shape index (κ1) is 15.7. The van der Waals surface area contributed by atoms with Gasteiger partial charge in [0.15, 0.2) is 0 Å². The van der Waals surface area contributed by atoms with Crippen molar-refractivity contribution in [2.24, 2.45) is 23.2 Å². The SMILES string of the molecule is C[C@@H]1C[C@H]2C=C[C@@](C)(O)[C@](C)(C(=O)CCO)[C@H]2[C@@H](O)C1. The van der Waals surface area contributed by atoms with Crippen LogP contribution in [0.3, 0.4) is 0 Å². The largest absolute Gasteiger partial charge is 0.396 e. The van der Waals surface area contributed by atoms with E-state index in [0.29, 0.717) is 12.3 Å². The normalized spacial score (nSPS) is 47.9. The number of carbonyl (C=O) groups excluding carboxylic acids is 1. The Balaban J connectivity index is 2.45. The number of aliphatic hydroxyl groups is 3. The number of allylic oxidation sites excluding steroid dienone is 1. The molecular formula is C16H26O4. The van der Waals surface area contributed by atoms with Gasteiger partial charge in [-0.2, -0.15) is 0 Å². The molecule has 6 atom stereocenters. The Morgan fingerprint density at radius 1 is 1.35 bits per heavy atom. The van der Waals surface area contributed by atoms with E-state index in [9.17, 15) is 15.0 Å². The number of hydrogen-bond donors (Lipinski definition) is 3. The van der Waals surface area contributed by atoms with Crippen LogP contribution in [0.25, 0.3) is 0 Å². The van der Waals surface area contributed by atoms with Gasteiger partial charge in [-0.25, -0.2) is 0 Å². The molecule has 0 unspecified atom stereocenters. The maximum Gasteiger partial charge on any atom is 0.144 e. The van der Waals surface area contributed by atoms with Crippen molar-refractivity contribution in [2.75, 3.05) is 6.61 Å². The smallest absolute Gasteiger partial charge is 0.144 e. The van der Waals surface area contributed by atoms with Gasteiger partial charge in [-0.3, -0.25) is 4.79 Å². The van der Waals surface area contributed by atoms with Crippen LogP contribution in [-0.4, -0.2) is 39.4 Å². The number of Topliss-reactive ketones (excluding diaryl/α,β-unsaturated/α-hetero) is 1. The predicted molar refractivity (Wildman–Crippen MR) is 76.0 cm³/mol. The molecule has 0 heterocycles. The van der Waals surface area contributed by atoms with Crippen LogP contribution in [0.5, 0.6) is 0 Å². The Hall–Kier alpha value is -0.710. The lowest BCUT2D eigenvalue weighted by Gasteiger charge is -2.54. The zero-order valence-corrected chi connectivity index (χ0v) is 12.5. The first-order valence-corrected chi connectivity index (χ1v) is 7.48. The fourth-order valence-corrected chi connectivity index (χ4v) is 4.21. The van der Waals surface area contributed by atoms with Gasteiger partial charge in [0, 0.05) is 18.9 Å². The molecule has 0 saturated heterocycles. The van der Waals surface area contributed by atoms with Gasteiger partial charge in [0.2, 0.25) is 0 Å². The lowest BCUT2D eigenvalue weighted by molar-refractivity contribution is -0.166. The van der Waals surface area contributed by atoms with E-state index in [1.165, 1.54) is 0 Å². The lowest BCUT2D eigenvalue weighted by atomic mass is 9.51. The molecule has 3 N–H and O–H groups in total. The van der Waals surface area contributed by atoms with Crippen LogP contribution in [-0.2, 0) is 4.79 Å². The minimum Gasteiger partial charge on any atom is -0.396 e. The molecule has 1 fully saturated rings. The maximum absolute atomic E-state index is 12.6. The average molecular weight is 282 g/mol. The molecule has 4 nitrogen and oxygen atoms in total. The van der Waals surface area contributed by atoms with Gasteiger partial charge >= 0.3 is 0 Å². The highest BCUT2D eigenvalue weighted by Crippen LogP contribution is 2.54. The van der Waals surface area contributed by atoms with E-state index in [1.54, 1.807) is 19.9 Å². The van der Waals surface area contributed by atoms with Gasteiger partial charge in [0.1, 0.15) is 5.78 Å². The quantitative estimate of drug-likeness (QED) is 0.682. The summed E-state index contributed by atoms with van der Waals surface area (Å²) in [6.45, 7) is 5.25. The molecule has 20 heavy (non-hydrogen) atoms. The van der Waals surface area contributed by atoms with Crippen molar-refractivity contribution in [3.05, 3.63) is 12.2 Å². The summed E-state index contributed by atoms with van der Waals surface area (Å²) < 4.78 is 0. The van der Waals surface area contributed by atoms with Gasteiger partial charge < -0.3 is 15.3 Å². The fraction of sp³-hybridized carbons (Fsp3) is 0.812. The van der Waals surface area contributed by atoms with E-state index in [0.717, 1.165) is 6.42 Å². The molecule has 0 bridgehead atoms. The van der Waals surface area contributed by atoms with Gasteiger partial charge in [-0.15, -0.1) is 0 Å². The van der Waals surface area contributed by atoms with Crippen LogP contribution < -0.4 is 0 Å². The molecule has 2 aliphatic carbocycles. The molecule has 0 amide bonds. The molecule has 1 saturated carbocycles. The van der Waals surface area contributed by atoms with Gasteiger partial charge in [-0.05, 0) is 38.5 Å². The van der Waals surface area contributed by atoms with Crippen molar-refractivity contribution in [3.63, 3.8) is 0 Å². The maximum atomic E-state index is 12.6. The molecule has 4 heteroatoms. The summed E-state index contributed by atoms with van der Waals surface area (Å²) in [6, 6.07) is 0. The van der Waals surface area contributed by atoms with Gasteiger partial charge in [0.25, 0.3) is 0 Å². The average Bonchev–Trinajstić information content (AvgIpc) is 2.33. The third-order valence-corrected chi connectivity index (χ3v) is 5.50.